The third-order valence-corrected chi connectivity index (χ3v) is 4.27. The minimum absolute atomic E-state index is 0.0381. The van der Waals surface area contributed by atoms with E-state index in [0.717, 1.165) is 36.8 Å². The van der Waals surface area contributed by atoms with Gasteiger partial charge in [-0.2, -0.15) is 0 Å². The maximum atomic E-state index is 11.2. The smallest absolute Gasteiger partial charge is 0.220 e. The van der Waals surface area contributed by atoms with E-state index in [0.29, 0.717) is 11.8 Å². The number of nitrogens with one attached hydrogen (secondary N) is 1. The van der Waals surface area contributed by atoms with Gasteiger partial charge in [-0.05, 0) is 51.2 Å². The lowest BCUT2D eigenvalue weighted by atomic mass is 9.85. The highest BCUT2D eigenvalue weighted by molar-refractivity contribution is 5.76. The Balaban J connectivity index is 1.92. The van der Waals surface area contributed by atoms with Crippen molar-refractivity contribution in [2.24, 2.45) is 11.7 Å². The van der Waals surface area contributed by atoms with E-state index in [1.165, 1.54) is 0 Å². The fourth-order valence-corrected chi connectivity index (χ4v) is 3.01. The molecule has 20 heavy (non-hydrogen) atoms. The standard InChI is InChI=1S/C16H24N2O2/c1-10-3-8-14(15(19)9-10)11(2)18-13-6-4-12(5-7-13)16(17)20/h3,8-9,11-13,18-19H,4-7H2,1-2H3,(H2,17,20). The summed E-state index contributed by atoms with van der Waals surface area (Å²) < 4.78 is 0. The van der Waals surface area contributed by atoms with Crippen molar-refractivity contribution in [2.45, 2.75) is 51.6 Å². The van der Waals surface area contributed by atoms with Crippen LogP contribution in [0.5, 0.6) is 5.75 Å². The van der Waals surface area contributed by atoms with Crippen LogP contribution in [0.15, 0.2) is 18.2 Å². The number of rotatable bonds is 4. The number of aromatic hydroxyl groups is 1. The molecule has 1 aliphatic carbocycles. The zero-order chi connectivity index (χ0) is 14.7. The molecular formula is C16H24N2O2. The molecule has 0 heterocycles. The van der Waals surface area contributed by atoms with Gasteiger partial charge in [-0.3, -0.25) is 4.79 Å². The number of carbonyl (C=O) groups is 1. The molecule has 4 N–H and O–H groups in total. The summed E-state index contributed by atoms with van der Waals surface area (Å²) in [4.78, 5) is 11.2. The maximum Gasteiger partial charge on any atom is 0.220 e. The van der Waals surface area contributed by atoms with Gasteiger partial charge in [0.25, 0.3) is 0 Å². The van der Waals surface area contributed by atoms with Crippen molar-refractivity contribution in [3.8, 4) is 5.75 Å². The zero-order valence-electron chi connectivity index (χ0n) is 12.2. The van der Waals surface area contributed by atoms with Crippen molar-refractivity contribution < 1.29 is 9.90 Å². The molecule has 1 atom stereocenters. The SMILES string of the molecule is Cc1ccc(C(C)NC2CCC(C(N)=O)CC2)c(O)c1. The maximum absolute atomic E-state index is 11.2. The van der Waals surface area contributed by atoms with Gasteiger partial charge in [0.05, 0.1) is 0 Å². The second kappa shape index (κ2) is 6.27. The molecule has 0 aromatic heterocycles. The van der Waals surface area contributed by atoms with E-state index in [-0.39, 0.29) is 17.9 Å². The molecule has 0 aliphatic heterocycles. The Hall–Kier alpha value is -1.55. The number of carbonyl (C=O) groups excluding carboxylic acids is 1. The second-order valence-corrected chi connectivity index (χ2v) is 5.90. The molecule has 1 aromatic carbocycles. The molecule has 0 bridgehead atoms. The topological polar surface area (TPSA) is 75.3 Å². The summed E-state index contributed by atoms with van der Waals surface area (Å²) in [6.45, 7) is 4.03. The fourth-order valence-electron chi connectivity index (χ4n) is 3.01. The predicted molar refractivity (Wildman–Crippen MR) is 79.3 cm³/mol. The average Bonchev–Trinajstić information content (AvgIpc) is 2.39. The Morgan fingerprint density at radius 2 is 2.00 bits per heavy atom. The molecule has 1 fully saturated rings. The van der Waals surface area contributed by atoms with Crippen LogP contribution >= 0.6 is 0 Å². The van der Waals surface area contributed by atoms with Gasteiger partial charge in [0, 0.05) is 23.6 Å². The number of phenols is 1. The first-order valence-corrected chi connectivity index (χ1v) is 7.32. The van der Waals surface area contributed by atoms with Gasteiger partial charge < -0.3 is 16.2 Å². The Morgan fingerprint density at radius 1 is 1.35 bits per heavy atom. The molecule has 0 saturated heterocycles. The van der Waals surface area contributed by atoms with Gasteiger partial charge in [0.15, 0.2) is 0 Å². The molecule has 1 aliphatic rings. The predicted octanol–water partition coefficient (Wildman–Crippen LogP) is 2.40. The molecule has 1 unspecified atom stereocenters. The molecule has 4 nitrogen and oxygen atoms in total. The number of aryl methyl sites for hydroxylation is 1. The summed E-state index contributed by atoms with van der Waals surface area (Å²) >= 11 is 0. The van der Waals surface area contributed by atoms with Gasteiger partial charge in [-0.1, -0.05) is 12.1 Å². The van der Waals surface area contributed by atoms with E-state index >= 15 is 0 Å². The van der Waals surface area contributed by atoms with Crippen LogP contribution in [0, 0.1) is 12.8 Å². The number of primary amides is 1. The van der Waals surface area contributed by atoms with Crippen LogP contribution in [-0.2, 0) is 4.79 Å². The third-order valence-electron chi connectivity index (χ3n) is 4.27. The van der Waals surface area contributed by atoms with Gasteiger partial charge in [0.1, 0.15) is 5.75 Å². The Morgan fingerprint density at radius 3 is 2.55 bits per heavy atom. The van der Waals surface area contributed by atoms with Crippen molar-refractivity contribution in [3.63, 3.8) is 0 Å². The molecule has 4 heteroatoms. The van der Waals surface area contributed by atoms with Gasteiger partial charge in [0.2, 0.25) is 5.91 Å². The normalized spacial score (nSPS) is 24.3. The van der Waals surface area contributed by atoms with E-state index in [1.807, 2.05) is 19.1 Å². The summed E-state index contributed by atoms with van der Waals surface area (Å²) in [7, 11) is 0. The fraction of sp³-hybridized carbons (Fsp3) is 0.562. The van der Waals surface area contributed by atoms with Crippen molar-refractivity contribution in [1.29, 1.82) is 0 Å². The van der Waals surface area contributed by atoms with Crippen LogP contribution in [0.2, 0.25) is 0 Å². The Kier molecular flexibility index (Phi) is 4.65. The first-order valence-electron chi connectivity index (χ1n) is 7.32. The summed E-state index contributed by atoms with van der Waals surface area (Å²) in [6, 6.07) is 6.26. The Labute approximate surface area is 120 Å². The van der Waals surface area contributed by atoms with E-state index in [1.54, 1.807) is 6.07 Å². The summed E-state index contributed by atoms with van der Waals surface area (Å²) in [6.07, 6.45) is 3.65. The first kappa shape index (κ1) is 14.9. The Bertz CT molecular complexity index is 479. The number of hydrogen-bond acceptors (Lipinski definition) is 3. The van der Waals surface area contributed by atoms with Gasteiger partial charge in [-0.15, -0.1) is 0 Å². The number of hydrogen-bond donors (Lipinski definition) is 3. The molecule has 1 aromatic rings. The average molecular weight is 276 g/mol. The summed E-state index contributed by atoms with van der Waals surface area (Å²) in [5, 5.41) is 13.5. The first-order chi connectivity index (χ1) is 9.47. The molecule has 110 valence electrons. The molecule has 0 spiro atoms. The highest BCUT2D eigenvalue weighted by Gasteiger charge is 2.25. The molecule has 1 saturated carbocycles. The van der Waals surface area contributed by atoms with E-state index in [4.69, 9.17) is 5.73 Å². The summed E-state index contributed by atoms with van der Waals surface area (Å²) in [5.74, 6) is 0.208. The third kappa shape index (κ3) is 3.51. The second-order valence-electron chi connectivity index (χ2n) is 5.90. The van der Waals surface area contributed by atoms with Crippen molar-refractivity contribution >= 4 is 5.91 Å². The summed E-state index contributed by atoms with van der Waals surface area (Å²) in [5.41, 5.74) is 7.33. The monoisotopic (exact) mass is 276 g/mol. The van der Waals surface area contributed by atoms with Crippen molar-refractivity contribution in [3.05, 3.63) is 29.3 Å². The lowest BCUT2D eigenvalue weighted by molar-refractivity contribution is -0.122. The minimum Gasteiger partial charge on any atom is -0.508 e. The van der Waals surface area contributed by atoms with Gasteiger partial charge >= 0.3 is 0 Å². The van der Waals surface area contributed by atoms with Crippen LogP contribution in [0.25, 0.3) is 0 Å². The van der Waals surface area contributed by atoms with Crippen LogP contribution < -0.4 is 11.1 Å². The number of phenolic OH excluding ortho intramolecular Hbond substituents is 1. The van der Waals surface area contributed by atoms with E-state index in [2.05, 4.69) is 12.2 Å². The van der Waals surface area contributed by atoms with Crippen molar-refractivity contribution in [1.82, 2.24) is 5.32 Å². The molecule has 1 amide bonds. The minimum atomic E-state index is -0.173. The number of amides is 1. The zero-order valence-corrected chi connectivity index (χ0v) is 12.2. The van der Waals surface area contributed by atoms with E-state index < -0.39 is 0 Å². The van der Waals surface area contributed by atoms with E-state index in [9.17, 15) is 9.90 Å². The molecule has 0 radical (unpaired) electrons. The van der Waals surface area contributed by atoms with Gasteiger partial charge in [-0.25, -0.2) is 0 Å². The number of nitrogens with two attached hydrogens (primary N) is 1. The van der Waals surface area contributed by atoms with Crippen molar-refractivity contribution in [2.75, 3.05) is 0 Å². The largest absolute Gasteiger partial charge is 0.508 e. The van der Waals surface area contributed by atoms with Crippen LogP contribution in [0.3, 0.4) is 0 Å². The lowest BCUT2D eigenvalue weighted by Gasteiger charge is -2.30. The van der Waals surface area contributed by atoms with Crippen LogP contribution in [-0.4, -0.2) is 17.1 Å². The molecular weight excluding hydrogens is 252 g/mol. The lowest BCUT2D eigenvalue weighted by Crippen LogP contribution is -2.37. The van der Waals surface area contributed by atoms with Crippen LogP contribution in [0.1, 0.15) is 49.8 Å². The number of benzene rings is 1. The van der Waals surface area contributed by atoms with Crippen LogP contribution in [0.4, 0.5) is 0 Å². The quantitative estimate of drug-likeness (QED) is 0.790. The highest BCUT2D eigenvalue weighted by atomic mass is 16.3. The molecule has 2 rings (SSSR count). The highest BCUT2D eigenvalue weighted by Crippen LogP contribution is 2.29.